The SMILES string of the molecule is COC1C(=O)N(C(C)C)C1C1CCN(C(=O)CCCc2ccccc2)CC1. The zero-order valence-corrected chi connectivity index (χ0v) is 16.8. The second-order valence-electron chi connectivity index (χ2n) is 8.04. The van der Waals surface area contributed by atoms with Crippen molar-refractivity contribution < 1.29 is 14.3 Å². The van der Waals surface area contributed by atoms with E-state index in [0.717, 1.165) is 38.8 Å². The molecule has 3 rings (SSSR count). The van der Waals surface area contributed by atoms with Crippen LogP contribution < -0.4 is 0 Å². The fourth-order valence-electron chi connectivity index (χ4n) is 4.55. The van der Waals surface area contributed by atoms with Crippen LogP contribution in [0.4, 0.5) is 0 Å². The molecule has 2 fully saturated rings. The first-order valence-corrected chi connectivity index (χ1v) is 10.2. The summed E-state index contributed by atoms with van der Waals surface area (Å²) in [5, 5.41) is 0. The minimum atomic E-state index is -0.300. The minimum absolute atomic E-state index is 0.108. The number of hydrogen-bond acceptors (Lipinski definition) is 3. The van der Waals surface area contributed by atoms with Crippen LogP contribution in [0.15, 0.2) is 30.3 Å². The van der Waals surface area contributed by atoms with Crippen LogP contribution in [0.2, 0.25) is 0 Å². The summed E-state index contributed by atoms with van der Waals surface area (Å²) < 4.78 is 5.44. The Hall–Kier alpha value is -1.88. The number of amides is 2. The van der Waals surface area contributed by atoms with Crippen LogP contribution in [0.5, 0.6) is 0 Å². The van der Waals surface area contributed by atoms with Crippen molar-refractivity contribution >= 4 is 11.8 Å². The minimum Gasteiger partial charge on any atom is -0.369 e. The van der Waals surface area contributed by atoms with E-state index in [1.807, 2.05) is 28.0 Å². The molecule has 2 atom stereocenters. The summed E-state index contributed by atoms with van der Waals surface area (Å²) in [5.41, 5.74) is 1.29. The van der Waals surface area contributed by atoms with E-state index < -0.39 is 0 Å². The highest BCUT2D eigenvalue weighted by atomic mass is 16.5. The number of methoxy groups -OCH3 is 1. The van der Waals surface area contributed by atoms with Crippen molar-refractivity contribution in [2.24, 2.45) is 5.92 Å². The number of likely N-dealkylation sites (tertiary alicyclic amines) is 2. The first-order valence-electron chi connectivity index (χ1n) is 10.2. The number of piperidine rings is 1. The summed E-state index contributed by atoms with van der Waals surface area (Å²) in [4.78, 5) is 28.7. The van der Waals surface area contributed by atoms with Gasteiger partial charge < -0.3 is 14.5 Å². The quantitative estimate of drug-likeness (QED) is 0.692. The third-order valence-electron chi connectivity index (χ3n) is 6.01. The van der Waals surface area contributed by atoms with Gasteiger partial charge in [-0.2, -0.15) is 0 Å². The summed E-state index contributed by atoms with van der Waals surface area (Å²) in [6.45, 7) is 5.70. The van der Waals surface area contributed by atoms with Gasteiger partial charge in [0.05, 0.1) is 6.04 Å². The van der Waals surface area contributed by atoms with Gasteiger partial charge in [0.2, 0.25) is 5.91 Å². The van der Waals surface area contributed by atoms with E-state index in [0.29, 0.717) is 12.3 Å². The molecule has 5 heteroatoms. The van der Waals surface area contributed by atoms with Crippen LogP contribution in [0, 0.1) is 5.92 Å². The smallest absolute Gasteiger partial charge is 0.254 e. The Morgan fingerprint density at radius 2 is 1.85 bits per heavy atom. The number of benzene rings is 1. The van der Waals surface area contributed by atoms with Gasteiger partial charge in [0, 0.05) is 32.7 Å². The molecule has 0 radical (unpaired) electrons. The Morgan fingerprint density at radius 1 is 1.19 bits per heavy atom. The largest absolute Gasteiger partial charge is 0.369 e. The van der Waals surface area contributed by atoms with Crippen molar-refractivity contribution in [1.29, 1.82) is 0 Å². The van der Waals surface area contributed by atoms with Gasteiger partial charge in [0.1, 0.15) is 0 Å². The Bertz CT molecular complexity index is 638. The van der Waals surface area contributed by atoms with Crippen molar-refractivity contribution in [3.05, 3.63) is 35.9 Å². The number of ether oxygens (including phenoxy) is 1. The number of aryl methyl sites for hydroxylation is 1. The zero-order valence-electron chi connectivity index (χ0n) is 16.8. The molecule has 0 aliphatic carbocycles. The zero-order chi connectivity index (χ0) is 19.4. The molecule has 5 nitrogen and oxygen atoms in total. The molecule has 2 aliphatic heterocycles. The van der Waals surface area contributed by atoms with Gasteiger partial charge in [-0.05, 0) is 51.0 Å². The first kappa shape index (κ1) is 19.9. The Balaban J connectivity index is 1.45. The van der Waals surface area contributed by atoms with Crippen molar-refractivity contribution in [3.8, 4) is 0 Å². The van der Waals surface area contributed by atoms with Crippen molar-refractivity contribution in [2.45, 2.75) is 64.1 Å². The molecule has 0 spiro atoms. The molecule has 2 saturated heterocycles. The maximum atomic E-state index is 12.5. The second-order valence-corrected chi connectivity index (χ2v) is 8.04. The number of carbonyl (C=O) groups is 2. The van der Waals surface area contributed by atoms with Gasteiger partial charge in [-0.25, -0.2) is 0 Å². The summed E-state index contributed by atoms with van der Waals surface area (Å²) in [7, 11) is 1.62. The lowest BCUT2D eigenvalue weighted by Crippen LogP contribution is -2.70. The number of nitrogens with zero attached hydrogens (tertiary/aromatic N) is 2. The predicted molar refractivity (Wildman–Crippen MR) is 105 cm³/mol. The number of carbonyl (C=O) groups excluding carboxylic acids is 2. The fourth-order valence-corrected chi connectivity index (χ4v) is 4.55. The lowest BCUT2D eigenvalue weighted by molar-refractivity contribution is -0.182. The van der Waals surface area contributed by atoms with Crippen LogP contribution in [-0.2, 0) is 20.7 Å². The van der Waals surface area contributed by atoms with E-state index in [1.165, 1.54) is 5.56 Å². The van der Waals surface area contributed by atoms with E-state index >= 15 is 0 Å². The standard InChI is InChI=1S/C22H32N2O3/c1-16(2)24-20(21(27-3)22(24)26)18-12-14-23(15-13-18)19(25)11-7-10-17-8-5-4-6-9-17/h4-6,8-9,16,18,20-21H,7,10-15H2,1-3H3. The summed E-state index contributed by atoms with van der Waals surface area (Å²) in [6, 6.07) is 10.7. The molecule has 0 bridgehead atoms. The Morgan fingerprint density at radius 3 is 2.44 bits per heavy atom. The molecule has 2 aliphatic rings. The highest BCUT2D eigenvalue weighted by Gasteiger charge is 2.52. The molecular weight excluding hydrogens is 340 g/mol. The van der Waals surface area contributed by atoms with Gasteiger partial charge in [-0.15, -0.1) is 0 Å². The maximum absolute atomic E-state index is 12.5. The highest BCUT2D eigenvalue weighted by Crippen LogP contribution is 2.36. The number of β-lactam (4-membered cyclic amide) rings is 1. The monoisotopic (exact) mass is 372 g/mol. The molecule has 27 heavy (non-hydrogen) atoms. The van der Waals surface area contributed by atoms with E-state index in [2.05, 4.69) is 26.0 Å². The molecule has 0 aromatic heterocycles. The molecule has 2 unspecified atom stereocenters. The normalized spacial score (nSPS) is 23.6. The van der Waals surface area contributed by atoms with E-state index in [1.54, 1.807) is 7.11 Å². The number of rotatable bonds is 7. The lowest BCUT2D eigenvalue weighted by Gasteiger charge is -2.53. The van der Waals surface area contributed by atoms with Crippen molar-refractivity contribution in [2.75, 3.05) is 20.2 Å². The second kappa shape index (κ2) is 8.87. The van der Waals surface area contributed by atoms with Crippen LogP contribution in [-0.4, -0.2) is 60.0 Å². The summed E-state index contributed by atoms with van der Waals surface area (Å²) in [5.74, 6) is 0.790. The molecule has 0 saturated carbocycles. The summed E-state index contributed by atoms with van der Waals surface area (Å²) in [6.07, 6.45) is 4.06. The molecule has 1 aromatic carbocycles. The van der Waals surface area contributed by atoms with Gasteiger partial charge in [-0.3, -0.25) is 9.59 Å². The maximum Gasteiger partial charge on any atom is 0.254 e. The predicted octanol–water partition coefficient (Wildman–Crippen LogP) is 2.88. The van der Waals surface area contributed by atoms with Gasteiger partial charge in [0.25, 0.3) is 5.91 Å². The van der Waals surface area contributed by atoms with E-state index in [-0.39, 0.29) is 30.0 Å². The van der Waals surface area contributed by atoms with Gasteiger partial charge in [-0.1, -0.05) is 30.3 Å². The fraction of sp³-hybridized carbons (Fsp3) is 0.636. The van der Waals surface area contributed by atoms with Crippen molar-refractivity contribution in [3.63, 3.8) is 0 Å². The third-order valence-corrected chi connectivity index (χ3v) is 6.01. The molecule has 0 N–H and O–H groups in total. The van der Waals surface area contributed by atoms with Crippen LogP contribution >= 0.6 is 0 Å². The molecule has 2 heterocycles. The highest BCUT2D eigenvalue weighted by molar-refractivity contribution is 5.88. The Kier molecular flexibility index (Phi) is 6.53. The van der Waals surface area contributed by atoms with E-state index in [9.17, 15) is 9.59 Å². The molecule has 148 valence electrons. The molecule has 1 aromatic rings. The first-order chi connectivity index (χ1) is 13.0. The van der Waals surface area contributed by atoms with Crippen LogP contribution in [0.3, 0.4) is 0 Å². The molecular formula is C22H32N2O3. The average molecular weight is 373 g/mol. The van der Waals surface area contributed by atoms with Crippen molar-refractivity contribution in [1.82, 2.24) is 9.80 Å². The van der Waals surface area contributed by atoms with Crippen LogP contribution in [0.1, 0.15) is 45.1 Å². The number of hydrogen-bond donors (Lipinski definition) is 0. The van der Waals surface area contributed by atoms with Gasteiger partial charge >= 0.3 is 0 Å². The topological polar surface area (TPSA) is 49.9 Å². The lowest BCUT2D eigenvalue weighted by atomic mass is 9.79. The van der Waals surface area contributed by atoms with Crippen LogP contribution in [0.25, 0.3) is 0 Å². The van der Waals surface area contributed by atoms with Gasteiger partial charge in [0.15, 0.2) is 6.10 Å². The van der Waals surface area contributed by atoms with E-state index in [4.69, 9.17) is 4.74 Å². The average Bonchev–Trinajstić information content (AvgIpc) is 2.67. The molecule has 2 amide bonds. The Labute approximate surface area is 162 Å². The third kappa shape index (κ3) is 4.34. The summed E-state index contributed by atoms with van der Waals surface area (Å²) >= 11 is 0.